The second-order valence-corrected chi connectivity index (χ2v) is 4.30. The summed E-state index contributed by atoms with van der Waals surface area (Å²) in [7, 11) is 0. The number of ether oxygens (including phenoxy) is 1. The van der Waals surface area contributed by atoms with E-state index in [1.807, 2.05) is 36.4 Å². The van der Waals surface area contributed by atoms with E-state index in [0.717, 1.165) is 16.9 Å². The zero-order chi connectivity index (χ0) is 14.7. The minimum absolute atomic E-state index is 0.174. The summed E-state index contributed by atoms with van der Waals surface area (Å²) < 4.78 is 10.3. The third-order valence-electron chi connectivity index (χ3n) is 2.96. The van der Waals surface area contributed by atoms with Gasteiger partial charge in [0.2, 0.25) is 0 Å². The Morgan fingerprint density at radius 1 is 1.24 bits per heavy atom. The van der Waals surface area contributed by atoms with E-state index in [2.05, 4.69) is 15.4 Å². The van der Waals surface area contributed by atoms with Crippen LogP contribution < -0.4 is 0 Å². The van der Waals surface area contributed by atoms with Crippen LogP contribution >= 0.6 is 0 Å². The Labute approximate surface area is 120 Å². The molecule has 1 N–H and O–H groups in total. The van der Waals surface area contributed by atoms with Gasteiger partial charge in [0, 0.05) is 11.1 Å². The van der Waals surface area contributed by atoms with Crippen molar-refractivity contribution in [3.63, 3.8) is 0 Å². The number of hydrogen-bond acceptors (Lipinski definition) is 5. The van der Waals surface area contributed by atoms with Gasteiger partial charge in [-0.25, -0.2) is 4.79 Å². The number of hydrogen-bond donors (Lipinski definition) is 1. The van der Waals surface area contributed by atoms with Crippen molar-refractivity contribution >= 4 is 5.97 Å². The summed E-state index contributed by atoms with van der Waals surface area (Å²) in [5.74, 6) is 0.252. The van der Waals surface area contributed by atoms with E-state index in [1.165, 1.54) is 0 Å². The SMILES string of the molecule is CCOC(=O)c1n[nH]nc1-c1cccc(-c2ccco2)c1. The summed E-state index contributed by atoms with van der Waals surface area (Å²) >= 11 is 0. The number of rotatable bonds is 4. The van der Waals surface area contributed by atoms with Crippen molar-refractivity contribution in [2.75, 3.05) is 6.61 Å². The highest BCUT2D eigenvalue weighted by molar-refractivity contribution is 5.94. The first-order valence-corrected chi connectivity index (χ1v) is 6.51. The van der Waals surface area contributed by atoms with Crippen LogP contribution in [0.25, 0.3) is 22.6 Å². The Morgan fingerprint density at radius 2 is 2.10 bits per heavy atom. The van der Waals surface area contributed by atoms with E-state index >= 15 is 0 Å². The minimum atomic E-state index is -0.496. The van der Waals surface area contributed by atoms with Gasteiger partial charge in [-0.3, -0.25) is 0 Å². The molecule has 0 aliphatic rings. The molecule has 6 nitrogen and oxygen atoms in total. The van der Waals surface area contributed by atoms with Crippen LogP contribution in [0.15, 0.2) is 47.1 Å². The van der Waals surface area contributed by atoms with Crippen LogP contribution in [-0.2, 0) is 4.74 Å². The molecule has 0 aliphatic carbocycles. The highest BCUT2D eigenvalue weighted by atomic mass is 16.5. The monoisotopic (exact) mass is 283 g/mol. The van der Waals surface area contributed by atoms with Crippen LogP contribution in [0.2, 0.25) is 0 Å². The molecule has 6 heteroatoms. The smallest absolute Gasteiger partial charge is 0.361 e. The normalized spacial score (nSPS) is 10.5. The molecule has 0 fully saturated rings. The lowest BCUT2D eigenvalue weighted by Crippen LogP contribution is -2.06. The molecule has 1 aromatic carbocycles. The molecule has 0 atom stereocenters. The molecule has 0 bridgehead atoms. The number of esters is 1. The van der Waals surface area contributed by atoms with Crippen LogP contribution in [0.3, 0.4) is 0 Å². The molecule has 0 amide bonds. The maximum atomic E-state index is 11.9. The van der Waals surface area contributed by atoms with Crippen molar-refractivity contribution in [3.05, 3.63) is 48.4 Å². The van der Waals surface area contributed by atoms with E-state index in [9.17, 15) is 4.79 Å². The summed E-state index contributed by atoms with van der Waals surface area (Å²) in [5.41, 5.74) is 2.30. The van der Waals surface area contributed by atoms with E-state index in [0.29, 0.717) is 5.69 Å². The van der Waals surface area contributed by atoms with Gasteiger partial charge < -0.3 is 9.15 Å². The number of H-pyrrole nitrogens is 1. The largest absolute Gasteiger partial charge is 0.464 e. The Hall–Kier alpha value is -2.89. The van der Waals surface area contributed by atoms with Crippen LogP contribution in [0, 0.1) is 0 Å². The number of carbonyl (C=O) groups is 1. The van der Waals surface area contributed by atoms with Crippen molar-refractivity contribution in [3.8, 4) is 22.6 Å². The zero-order valence-corrected chi connectivity index (χ0v) is 11.4. The summed E-state index contributed by atoms with van der Waals surface area (Å²) in [4.78, 5) is 11.9. The molecule has 3 rings (SSSR count). The van der Waals surface area contributed by atoms with Gasteiger partial charge in [-0.1, -0.05) is 18.2 Å². The van der Waals surface area contributed by atoms with Crippen LogP contribution in [0.1, 0.15) is 17.4 Å². The summed E-state index contributed by atoms with van der Waals surface area (Å²) in [5, 5.41) is 10.4. The predicted octanol–water partition coefficient (Wildman–Crippen LogP) is 2.91. The average Bonchev–Trinajstić information content (AvgIpc) is 3.19. The fourth-order valence-electron chi connectivity index (χ4n) is 2.04. The molecular weight excluding hydrogens is 270 g/mol. The molecule has 0 aliphatic heterocycles. The van der Waals surface area contributed by atoms with Gasteiger partial charge >= 0.3 is 5.97 Å². The first kappa shape index (κ1) is 13.1. The van der Waals surface area contributed by atoms with Crippen molar-refractivity contribution in [2.24, 2.45) is 0 Å². The number of benzene rings is 1. The van der Waals surface area contributed by atoms with Gasteiger partial charge in [-0.15, -0.1) is 5.10 Å². The van der Waals surface area contributed by atoms with E-state index in [1.54, 1.807) is 13.2 Å². The lowest BCUT2D eigenvalue weighted by Gasteiger charge is -2.03. The van der Waals surface area contributed by atoms with E-state index < -0.39 is 5.97 Å². The molecule has 0 unspecified atom stereocenters. The molecule has 0 saturated carbocycles. The highest BCUT2D eigenvalue weighted by Gasteiger charge is 2.19. The fourth-order valence-corrected chi connectivity index (χ4v) is 2.04. The first-order valence-electron chi connectivity index (χ1n) is 6.51. The number of aromatic amines is 1. The molecule has 106 valence electrons. The number of carbonyl (C=O) groups excluding carboxylic acids is 1. The minimum Gasteiger partial charge on any atom is -0.464 e. The Kier molecular flexibility index (Phi) is 3.51. The Balaban J connectivity index is 2.00. The molecule has 0 spiro atoms. The lowest BCUT2D eigenvalue weighted by molar-refractivity contribution is 0.0520. The van der Waals surface area contributed by atoms with Gasteiger partial charge in [-0.2, -0.15) is 10.3 Å². The average molecular weight is 283 g/mol. The van der Waals surface area contributed by atoms with Gasteiger partial charge in [0.25, 0.3) is 0 Å². The summed E-state index contributed by atoms with van der Waals surface area (Å²) in [6, 6.07) is 11.2. The summed E-state index contributed by atoms with van der Waals surface area (Å²) in [6.07, 6.45) is 1.61. The van der Waals surface area contributed by atoms with Crippen molar-refractivity contribution in [1.82, 2.24) is 15.4 Å². The topological polar surface area (TPSA) is 81.0 Å². The maximum Gasteiger partial charge on any atom is 0.361 e. The van der Waals surface area contributed by atoms with Crippen LogP contribution in [0.5, 0.6) is 0 Å². The van der Waals surface area contributed by atoms with Crippen molar-refractivity contribution in [1.29, 1.82) is 0 Å². The van der Waals surface area contributed by atoms with Gasteiger partial charge in [0.05, 0.1) is 12.9 Å². The van der Waals surface area contributed by atoms with E-state index in [4.69, 9.17) is 9.15 Å². The second-order valence-electron chi connectivity index (χ2n) is 4.30. The highest BCUT2D eigenvalue weighted by Crippen LogP contribution is 2.27. The standard InChI is InChI=1S/C15H13N3O3/c1-2-20-15(19)14-13(16-18-17-14)11-6-3-5-10(9-11)12-7-4-8-21-12/h3-9H,2H2,1H3,(H,16,17,18). The number of furan rings is 1. The van der Waals surface area contributed by atoms with Gasteiger partial charge in [0.15, 0.2) is 5.69 Å². The number of nitrogens with zero attached hydrogens (tertiary/aromatic N) is 2. The van der Waals surface area contributed by atoms with E-state index in [-0.39, 0.29) is 12.3 Å². The zero-order valence-electron chi connectivity index (χ0n) is 11.4. The predicted molar refractivity (Wildman–Crippen MR) is 75.5 cm³/mol. The quantitative estimate of drug-likeness (QED) is 0.744. The second kappa shape index (κ2) is 5.62. The lowest BCUT2D eigenvalue weighted by atomic mass is 10.1. The van der Waals surface area contributed by atoms with Crippen molar-refractivity contribution < 1.29 is 13.9 Å². The van der Waals surface area contributed by atoms with Crippen molar-refractivity contribution in [2.45, 2.75) is 6.92 Å². The number of nitrogens with one attached hydrogen (secondary N) is 1. The third-order valence-corrected chi connectivity index (χ3v) is 2.96. The molecular formula is C15H13N3O3. The Bertz CT molecular complexity index is 747. The fraction of sp³-hybridized carbons (Fsp3) is 0.133. The summed E-state index contributed by atoms with van der Waals surface area (Å²) in [6.45, 7) is 2.03. The third kappa shape index (κ3) is 2.55. The molecule has 2 aromatic heterocycles. The molecule has 2 heterocycles. The first-order chi connectivity index (χ1) is 10.3. The maximum absolute atomic E-state index is 11.9. The van der Waals surface area contributed by atoms with Crippen LogP contribution in [0.4, 0.5) is 0 Å². The Morgan fingerprint density at radius 3 is 2.86 bits per heavy atom. The molecule has 3 aromatic rings. The van der Waals surface area contributed by atoms with Crippen LogP contribution in [-0.4, -0.2) is 28.0 Å². The van der Waals surface area contributed by atoms with Gasteiger partial charge in [-0.05, 0) is 25.1 Å². The molecule has 0 radical (unpaired) electrons. The number of aromatic nitrogens is 3. The van der Waals surface area contributed by atoms with Gasteiger partial charge in [0.1, 0.15) is 11.5 Å². The molecule has 21 heavy (non-hydrogen) atoms. The molecule has 0 saturated heterocycles.